The van der Waals surface area contributed by atoms with Crippen LogP contribution in [0.4, 0.5) is 0 Å². The van der Waals surface area contributed by atoms with E-state index in [0.717, 1.165) is 6.42 Å². The Hall–Kier alpha value is 0.130. The van der Waals surface area contributed by atoms with Crippen molar-refractivity contribution < 1.29 is 36.3 Å². The zero-order chi connectivity index (χ0) is 10.4. The summed E-state index contributed by atoms with van der Waals surface area (Å²) in [4.78, 5) is 10.3. The number of carboxylic acids is 1. The normalized spacial score (nSPS) is 15.8. The Bertz CT molecular complexity index is 163. The van der Waals surface area contributed by atoms with Gasteiger partial charge in [0.15, 0.2) is 0 Å². The number of nitrogens with one attached hydrogen (secondary N) is 1. The summed E-state index contributed by atoms with van der Waals surface area (Å²) in [6.45, 7) is 4.07. The van der Waals surface area contributed by atoms with Gasteiger partial charge in [0.25, 0.3) is 0 Å². The summed E-state index contributed by atoms with van der Waals surface area (Å²) in [6.07, 6.45) is -0.251. The molecule has 0 aromatic rings. The van der Waals surface area contributed by atoms with Crippen LogP contribution in [-0.4, -0.2) is 28.3 Å². The number of aliphatic hydroxyl groups is 1. The third-order valence-corrected chi connectivity index (χ3v) is 2.49. The molecule has 0 aliphatic carbocycles. The Morgan fingerprint density at radius 1 is 1.54 bits per heavy atom. The van der Waals surface area contributed by atoms with E-state index in [-0.39, 0.29) is 12.5 Å². The van der Waals surface area contributed by atoms with E-state index in [4.69, 9.17) is 5.11 Å². The van der Waals surface area contributed by atoms with Gasteiger partial charge in [-0.05, 0) is 0 Å². The summed E-state index contributed by atoms with van der Waals surface area (Å²) in [7, 11) is 0. The van der Waals surface area contributed by atoms with E-state index in [9.17, 15) is 9.90 Å². The molecule has 82 valence electrons. The molecule has 0 unspecified atom stereocenters. The Labute approximate surface area is 91.0 Å². The quantitative estimate of drug-likeness (QED) is 0.587. The molecule has 0 saturated heterocycles. The van der Waals surface area contributed by atoms with Crippen molar-refractivity contribution in [2.24, 2.45) is 5.92 Å². The molecule has 4 nitrogen and oxygen atoms in total. The van der Waals surface area contributed by atoms with Crippen LogP contribution in [0, 0.1) is 5.92 Å². The van der Waals surface area contributed by atoms with Crippen LogP contribution in [0.1, 0.15) is 26.7 Å². The number of carboxylic acid groups (broad SMARTS) is 1. The Morgan fingerprint density at radius 3 is 2.38 bits per heavy atom. The third kappa shape index (κ3) is 6.23. The molecule has 0 amide bonds. The molecule has 0 aliphatic heterocycles. The molecule has 0 radical (unpaired) electrons. The molecule has 0 bridgehead atoms. The second kappa shape index (κ2) is 6.56. The fraction of sp³-hybridized carbons (Fsp3) is 0.875. The van der Waals surface area contributed by atoms with Gasteiger partial charge in [0, 0.05) is 0 Å². The number of rotatable bonds is 6. The van der Waals surface area contributed by atoms with Crippen molar-refractivity contribution in [3.63, 3.8) is 0 Å². The third-order valence-electron chi connectivity index (χ3n) is 1.69. The first-order valence-electron chi connectivity index (χ1n) is 4.19. The van der Waals surface area contributed by atoms with Crippen LogP contribution in [0.3, 0.4) is 0 Å². The monoisotopic (exact) mass is 371 g/mol. The Balaban J connectivity index is 3.98. The standard InChI is InChI=1S/C8H16NO3.Au/c1-5(2)3-6(9)7(10)4-8(11)12;/h5-7,9-10H,3-4H2,1-2H3,(H,11,12);/q-1;+1/t6-,7-;/m0./s1. The molecule has 2 atom stereocenters. The van der Waals surface area contributed by atoms with E-state index in [2.05, 4.69) is 25.0 Å². The molecule has 0 aliphatic rings. The second-order valence-electron chi connectivity index (χ2n) is 3.49. The van der Waals surface area contributed by atoms with E-state index in [1.807, 2.05) is 13.8 Å². The van der Waals surface area contributed by atoms with Crippen molar-refractivity contribution in [3.8, 4) is 0 Å². The fourth-order valence-corrected chi connectivity index (χ4v) is 1.75. The molecular weight excluding hydrogens is 355 g/mol. The van der Waals surface area contributed by atoms with Gasteiger partial charge in [0.05, 0.1) is 0 Å². The van der Waals surface area contributed by atoms with E-state index in [1.165, 1.54) is 0 Å². The topological polar surface area (TPSA) is 69.6 Å². The minimum absolute atomic E-state index is 0.153. The van der Waals surface area contributed by atoms with Crippen molar-refractivity contribution in [2.45, 2.75) is 38.8 Å². The zero-order valence-corrected chi connectivity index (χ0v) is 9.92. The Morgan fingerprint density at radius 2 is 2.08 bits per heavy atom. The van der Waals surface area contributed by atoms with Crippen LogP contribution in [0.5, 0.6) is 0 Å². The van der Waals surface area contributed by atoms with Gasteiger partial charge in [-0.3, -0.25) is 0 Å². The average Bonchev–Trinajstić information content (AvgIpc) is 1.98. The molecule has 0 rings (SSSR count). The van der Waals surface area contributed by atoms with Crippen LogP contribution in [-0.2, 0) is 26.1 Å². The second-order valence-corrected chi connectivity index (χ2v) is 4.11. The predicted octanol–water partition coefficient (Wildman–Crippen LogP) is 0.288. The van der Waals surface area contributed by atoms with Gasteiger partial charge < -0.3 is 0 Å². The Kier molecular flexibility index (Phi) is 6.63. The summed E-state index contributed by atoms with van der Waals surface area (Å²) in [5, 5.41) is 17.9. The molecule has 0 heterocycles. The minimum atomic E-state index is -0.968. The van der Waals surface area contributed by atoms with Crippen molar-refractivity contribution >= 4 is 5.97 Å². The summed E-state index contributed by atoms with van der Waals surface area (Å²) in [6, 6.07) is -0.153. The maximum atomic E-state index is 10.3. The summed E-state index contributed by atoms with van der Waals surface area (Å²) >= 11 is 2.12. The van der Waals surface area contributed by atoms with Gasteiger partial charge in [-0.1, -0.05) is 0 Å². The summed E-state index contributed by atoms with van der Waals surface area (Å²) < 4.78 is 2.87. The van der Waals surface area contributed by atoms with Gasteiger partial charge in [0.2, 0.25) is 0 Å². The van der Waals surface area contributed by atoms with E-state index in [0.29, 0.717) is 5.92 Å². The molecule has 0 aromatic heterocycles. The number of aliphatic carboxylic acids is 1. The molecule has 0 fully saturated rings. The van der Waals surface area contributed by atoms with Crippen LogP contribution in [0.15, 0.2) is 0 Å². The van der Waals surface area contributed by atoms with Gasteiger partial charge >= 0.3 is 90.8 Å². The molecular formula is C8H16AuNO3. The fourth-order valence-electron chi connectivity index (χ4n) is 1.08. The van der Waals surface area contributed by atoms with Crippen LogP contribution < -0.4 is 3.72 Å². The molecule has 5 heteroatoms. The van der Waals surface area contributed by atoms with Gasteiger partial charge in [-0.2, -0.15) is 0 Å². The van der Waals surface area contributed by atoms with Crippen LogP contribution in [0.2, 0.25) is 0 Å². The van der Waals surface area contributed by atoms with E-state index < -0.39 is 12.1 Å². The van der Waals surface area contributed by atoms with Crippen LogP contribution in [0.25, 0.3) is 0 Å². The average molecular weight is 371 g/mol. The molecule has 0 spiro atoms. The number of hydrogen-bond donors (Lipinski definition) is 3. The summed E-state index contributed by atoms with van der Waals surface area (Å²) in [5.41, 5.74) is 0. The van der Waals surface area contributed by atoms with Gasteiger partial charge in [0.1, 0.15) is 0 Å². The molecule has 3 N–H and O–H groups in total. The van der Waals surface area contributed by atoms with Crippen molar-refractivity contribution in [2.75, 3.05) is 0 Å². The zero-order valence-electron chi connectivity index (χ0n) is 7.75. The number of aliphatic hydroxyl groups excluding tert-OH is 1. The molecule has 0 saturated carbocycles. The predicted molar refractivity (Wildman–Crippen MR) is 44.6 cm³/mol. The maximum absolute atomic E-state index is 10.3. The van der Waals surface area contributed by atoms with E-state index in [1.54, 1.807) is 0 Å². The van der Waals surface area contributed by atoms with Crippen molar-refractivity contribution in [1.82, 2.24) is 3.72 Å². The molecule has 0 aromatic carbocycles. The van der Waals surface area contributed by atoms with Crippen LogP contribution >= 0.6 is 0 Å². The first kappa shape index (κ1) is 13.1. The number of hydrogen-bond acceptors (Lipinski definition) is 3. The van der Waals surface area contributed by atoms with Crippen molar-refractivity contribution in [1.29, 1.82) is 0 Å². The molecule has 13 heavy (non-hydrogen) atoms. The number of carbonyl (C=O) groups is 1. The summed E-state index contributed by atoms with van der Waals surface area (Å²) in [5.74, 6) is -0.531. The van der Waals surface area contributed by atoms with Gasteiger partial charge in [-0.15, -0.1) is 0 Å². The SMILES string of the molecule is CC(C)C[C@H]([NH][Au])[C@@H](O)CC(=O)O. The van der Waals surface area contributed by atoms with Crippen molar-refractivity contribution in [3.05, 3.63) is 0 Å². The first-order chi connectivity index (χ1) is 5.97. The first-order valence-corrected chi connectivity index (χ1v) is 5.27. The van der Waals surface area contributed by atoms with E-state index >= 15 is 0 Å². The van der Waals surface area contributed by atoms with Gasteiger partial charge in [-0.25, -0.2) is 0 Å².